The minimum Gasteiger partial charge on any atom is -0.303 e. The monoisotopic (exact) mass is 309 g/mol. The van der Waals surface area contributed by atoms with Gasteiger partial charge in [0.25, 0.3) is 0 Å². The lowest BCUT2D eigenvalue weighted by Crippen LogP contribution is -2.23. The van der Waals surface area contributed by atoms with Crippen molar-refractivity contribution in [1.82, 2.24) is 4.90 Å². The van der Waals surface area contributed by atoms with E-state index in [9.17, 15) is 4.79 Å². The van der Waals surface area contributed by atoms with E-state index in [4.69, 9.17) is 0 Å². The summed E-state index contributed by atoms with van der Waals surface area (Å²) in [7, 11) is 0. The fourth-order valence-corrected chi connectivity index (χ4v) is 2.91. The van der Waals surface area contributed by atoms with Gasteiger partial charge in [-0.05, 0) is 31.0 Å². The van der Waals surface area contributed by atoms with Gasteiger partial charge in [-0.1, -0.05) is 41.4 Å². The average molecular weight is 310 g/mol. The van der Waals surface area contributed by atoms with Gasteiger partial charge in [0.2, 0.25) is 0 Å². The van der Waals surface area contributed by atoms with Gasteiger partial charge in [-0.15, -0.1) is 0 Å². The van der Waals surface area contributed by atoms with Gasteiger partial charge < -0.3 is 4.90 Å². The molecule has 0 aliphatic carbocycles. The molecule has 1 aromatic rings. The van der Waals surface area contributed by atoms with Crippen LogP contribution in [0, 0.1) is 5.92 Å². The summed E-state index contributed by atoms with van der Waals surface area (Å²) in [6.45, 7) is 5.48. The second kappa shape index (κ2) is 6.48. The van der Waals surface area contributed by atoms with Gasteiger partial charge >= 0.3 is 0 Å². The Balaban J connectivity index is 1.82. The summed E-state index contributed by atoms with van der Waals surface area (Å²) in [4.78, 5) is 14.5. The van der Waals surface area contributed by atoms with Crippen molar-refractivity contribution in [2.24, 2.45) is 5.92 Å². The van der Waals surface area contributed by atoms with Crippen molar-refractivity contribution >= 4 is 21.7 Å². The smallest absolute Gasteiger partial charge is 0.164 e. The molecule has 1 heterocycles. The van der Waals surface area contributed by atoms with Crippen LogP contribution in [-0.2, 0) is 0 Å². The van der Waals surface area contributed by atoms with Crippen LogP contribution in [0.4, 0.5) is 0 Å². The van der Waals surface area contributed by atoms with E-state index in [-0.39, 0.29) is 5.78 Å². The van der Waals surface area contributed by atoms with Gasteiger partial charge in [0, 0.05) is 29.5 Å². The molecule has 1 atom stereocenters. The van der Waals surface area contributed by atoms with Crippen molar-refractivity contribution in [3.05, 3.63) is 34.3 Å². The van der Waals surface area contributed by atoms with Crippen LogP contribution < -0.4 is 0 Å². The molecule has 1 aliphatic heterocycles. The summed E-state index contributed by atoms with van der Waals surface area (Å²) < 4.78 is 0.973. The summed E-state index contributed by atoms with van der Waals surface area (Å²) in [6, 6.07) is 7.66. The van der Waals surface area contributed by atoms with E-state index in [2.05, 4.69) is 27.8 Å². The third-order valence-corrected chi connectivity index (χ3v) is 4.24. The first kappa shape index (κ1) is 13.8. The number of benzene rings is 1. The number of halogens is 1. The Morgan fingerprint density at radius 1 is 1.50 bits per heavy atom. The zero-order chi connectivity index (χ0) is 13.0. The van der Waals surface area contributed by atoms with Crippen LogP contribution in [0.25, 0.3) is 0 Å². The Morgan fingerprint density at radius 2 is 2.33 bits per heavy atom. The fraction of sp³-hybridized carbons (Fsp3) is 0.533. The molecule has 1 aliphatic rings. The Morgan fingerprint density at radius 3 is 3.00 bits per heavy atom. The van der Waals surface area contributed by atoms with E-state index in [0.717, 1.165) is 29.0 Å². The Bertz CT molecular complexity index is 419. The number of carbonyl (C=O) groups is 1. The van der Waals surface area contributed by atoms with Crippen LogP contribution in [-0.4, -0.2) is 30.3 Å². The van der Waals surface area contributed by atoms with E-state index >= 15 is 0 Å². The summed E-state index contributed by atoms with van der Waals surface area (Å²) in [5.74, 6) is 1.09. The highest BCUT2D eigenvalue weighted by Gasteiger charge is 2.21. The number of ketones is 1. The molecule has 0 radical (unpaired) electrons. The van der Waals surface area contributed by atoms with Crippen LogP contribution in [0.1, 0.15) is 36.5 Å². The lowest BCUT2D eigenvalue weighted by Gasteiger charge is -2.14. The average Bonchev–Trinajstić information content (AvgIpc) is 2.84. The van der Waals surface area contributed by atoms with Crippen LogP contribution in [0.5, 0.6) is 0 Å². The van der Waals surface area contributed by atoms with Crippen molar-refractivity contribution in [3.8, 4) is 0 Å². The van der Waals surface area contributed by atoms with Crippen molar-refractivity contribution < 1.29 is 4.79 Å². The van der Waals surface area contributed by atoms with Gasteiger partial charge in [-0.2, -0.15) is 0 Å². The first-order chi connectivity index (χ1) is 8.69. The molecule has 0 aromatic heterocycles. The highest BCUT2D eigenvalue weighted by molar-refractivity contribution is 9.10. The third kappa shape index (κ3) is 3.66. The molecule has 98 valence electrons. The second-order valence-corrected chi connectivity index (χ2v) is 5.96. The van der Waals surface area contributed by atoms with Crippen LogP contribution in [0.3, 0.4) is 0 Å². The number of likely N-dealkylation sites (tertiary alicyclic amines) is 1. The molecular formula is C15H20BrNO. The summed E-state index contributed by atoms with van der Waals surface area (Å²) in [6.07, 6.45) is 3.19. The third-order valence-electron chi connectivity index (χ3n) is 3.75. The predicted octanol–water partition coefficient (Wildman–Crippen LogP) is 3.75. The quantitative estimate of drug-likeness (QED) is 0.772. The molecule has 0 amide bonds. The molecule has 3 heteroatoms. The van der Waals surface area contributed by atoms with E-state index in [0.29, 0.717) is 6.42 Å². The Hall–Kier alpha value is -0.670. The first-order valence-electron chi connectivity index (χ1n) is 6.70. The SMILES string of the molecule is CCC1CCN(CCC(=O)c2cccc(Br)c2)C1. The predicted molar refractivity (Wildman–Crippen MR) is 77.9 cm³/mol. The van der Waals surface area contributed by atoms with Gasteiger partial charge in [0.1, 0.15) is 0 Å². The molecule has 1 fully saturated rings. The van der Waals surface area contributed by atoms with Crippen molar-refractivity contribution in [3.63, 3.8) is 0 Å². The largest absolute Gasteiger partial charge is 0.303 e. The first-order valence-corrected chi connectivity index (χ1v) is 7.49. The van der Waals surface area contributed by atoms with E-state index in [1.54, 1.807) is 0 Å². The molecule has 1 unspecified atom stereocenters. The highest BCUT2D eigenvalue weighted by Crippen LogP contribution is 2.19. The molecule has 0 spiro atoms. The zero-order valence-electron chi connectivity index (χ0n) is 10.9. The minimum atomic E-state index is 0.247. The second-order valence-electron chi connectivity index (χ2n) is 5.05. The number of rotatable bonds is 5. The molecule has 2 rings (SSSR count). The molecule has 1 aromatic carbocycles. The van der Waals surface area contributed by atoms with Crippen molar-refractivity contribution in [2.75, 3.05) is 19.6 Å². The molecular weight excluding hydrogens is 290 g/mol. The van der Waals surface area contributed by atoms with Crippen LogP contribution in [0.15, 0.2) is 28.7 Å². The summed E-state index contributed by atoms with van der Waals surface area (Å²) in [5, 5.41) is 0. The van der Waals surface area contributed by atoms with Crippen molar-refractivity contribution in [1.29, 1.82) is 0 Å². The summed E-state index contributed by atoms with van der Waals surface area (Å²) in [5.41, 5.74) is 0.815. The fourth-order valence-electron chi connectivity index (χ4n) is 2.52. The maximum Gasteiger partial charge on any atom is 0.164 e. The maximum atomic E-state index is 12.1. The standard InChI is InChI=1S/C15H20BrNO/c1-2-12-6-8-17(11-12)9-7-15(18)13-4-3-5-14(16)10-13/h3-5,10,12H,2,6-9,11H2,1H3. The number of hydrogen-bond donors (Lipinski definition) is 0. The van der Waals surface area contributed by atoms with E-state index < -0.39 is 0 Å². The van der Waals surface area contributed by atoms with Crippen LogP contribution >= 0.6 is 15.9 Å². The molecule has 18 heavy (non-hydrogen) atoms. The topological polar surface area (TPSA) is 20.3 Å². The van der Waals surface area contributed by atoms with Gasteiger partial charge in [0.15, 0.2) is 5.78 Å². The lowest BCUT2D eigenvalue weighted by atomic mass is 10.1. The Kier molecular flexibility index (Phi) is 4.95. The number of nitrogens with zero attached hydrogens (tertiary/aromatic N) is 1. The number of hydrogen-bond acceptors (Lipinski definition) is 2. The van der Waals surface area contributed by atoms with Gasteiger partial charge in [0.05, 0.1) is 0 Å². The molecule has 0 N–H and O–H groups in total. The van der Waals surface area contributed by atoms with Crippen molar-refractivity contribution in [2.45, 2.75) is 26.2 Å². The van der Waals surface area contributed by atoms with E-state index in [1.165, 1.54) is 19.4 Å². The zero-order valence-corrected chi connectivity index (χ0v) is 12.4. The number of carbonyl (C=O) groups excluding carboxylic acids is 1. The maximum absolute atomic E-state index is 12.1. The molecule has 0 saturated carbocycles. The normalized spacial score (nSPS) is 20.2. The Labute approximate surface area is 117 Å². The highest BCUT2D eigenvalue weighted by atomic mass is 79.9. The summed E-state index contributed by atoms with van der Waals surface area (Å²) >= 11 is 3.40. The molecule has 0 bridgehead atoms. The molecule has 2 nitrogen and oxygen atoms in total. The van der Waals surface area contributed by atoms with Gasteiger partial charge in [-0.3, -0.25) is 4.79 Å². The van der Waals surface area contributed by atoms with Gasteiger partial charge in [-0.25, -0.2) is 0 Å². The molecule has 1 saturated heterocycles. The lowest BCUT2D eigenvalue weighted by molar-refractivity contribution is 0.0968. The number of Topliss-reactive ketones (excluding diaryl/α,β-unsaturated/α-hetero) is 1. The van der Waals surface area contributed by atoms with E-state index in [1.807, 2.05) is 24.3 Å². The van der Waals surface area contributed by atoms with Crippen LogP contribution in [0.2, 0.25) is 0 Å². The minimum absolute atomic E-state index is 0.247.